The highest BCUT2D eigenvalue weighted by Crippen LogP contribution is 2.07. The molecule has 1 saturated heterocycles. The van der Waals surface area contributed by atoms with Crippen LogP contribution in [0.4, 0.5) is 4.39 Å². The van der Waals surface area contributed by atoms with Crippen LogP contribution in [0.15, 0.2) is 35.6 Å². The summed E-state index contributed by atoms with van der Waals surface area (Å²) in [5, 5.41) is 4.31. The van der Waals surface area contributed by atoms with Gasteiger partial charge in [-0.3, -0.25) is 0 Å². The lowest BCUT2D eigenvalue weighted by molar-refractivity contribution is 0.295. The zero-order valence-corrected chi connectivity index (χ0v) is 11.6. The molecule has 0 unspecified atom stereocenters. The van der Waals surface area contributed by atoms with Crippen molar-refractivity contribution >= 4 is 5.96 Å². The van der Waals surface area contributed by atoms with Gasteiger partial charge in [-0.2, -0.15) is 5.10 Å². The molecule has 0 atom stereocenters. The van der Waals surface area contributed by atoms with Crippen LogP contribution in [0.2, 0.25) is 0 Å². The number of aliphatic imine (C=N–C) groups is 1. The molecule has 1 aromatic heterocycles. The number of aromatic nitrogens is 3. The molecule has 1 fully saturated rings. The van der Waals surface area contributed by atoms with E-state index in [-0.39, 0.29) is 5.82 Å². The minimum Gasteiger partial charge on any atom is -0.370 e. The lowest BCUT2D eigenvalue weighted by Crippen LogP contribution is -2.46. The van der Waals surface area contributed by atoms with Gasteiger partial charge >= 0.3 is 0 Å². The van der Waals surface area contributed by atoms with E-state index in [0.717, 1.165) is 25.1 Å². The Labute approximate surface area is 122 Å². The molecule has 1 aromatic carbocycles. The van der Waals surface area contributed by atoms with Crippen molar-refractivity contribution in [1.82, 2.24) is 19.7 Å². The summed E-state index contributed by atoms with van der Waals surface area (Å²) in [6.07, 6.45) is 2.78. The van der Waals surface area contributed by atoms with E-state index in [9.17, 15) is 4.39 Å². The van der Waals surface area contributed by atoms with Crippen molar-refractivity contribution in [1.29, 1.82) is 0 Å². The van der Waals surface area contributed by atoms with Crippen LogP contribution < -0.4 is 5.73 Å². The van der Waals surface area contributed by atoms with Crippen molar-refractivity contribution < 1.29 is 4.39 Å². The Morgan fingerprint density at radius 3 is 2.95 bits per heavy atom. The van der Waals surface area contributed by atoms with Gasteiger partial charge in [0.15, 0.2) is 11.8 Å². The average molecular weight is 288 g/mol. The largest absolute Gasteiger partial charge is 0.370 e. The number of guanidine groups is 1. The maximum absolute atomic E-state index is 13.1. The number of benzene rings is 1. The summed E-state index contributed by atoms with van der Waals surface area (Å²) in [6.45, 7) is 2.78. The van der Waals surface area contributed by atoms with E-state index in [1.54, 1.807) is 17.1 Å². The molecule has 21 heavy (non-hydrogen) atoms. The fraction of sp³-hybridized carbons (Fsp3) is 0.357. The molecule has 1 aliphatic heterocycles. The van der Waals surface area contributed by atoms with Crippen LogP contribution in [0.3, 0.4) is 0 Å². The number of hydrogen-bond acceptors (Lipinski definition) is 3. The summed E-state index contributed by atoms with van der Waals surface area (Å²) in [5.74, 6) is 0.900. The highest BCUT2D eigenvalue weighted by Gasteiger charge is 2.15. The summed E-state index contributed by atoms with van der Waals surface area (Å²) < 4.78 is 14.8. The molecule has 7 heteroatoms. The predicted octanol–water partition coefficient (Wildman–Crippen LogP) is 0.986. The molecule has 0 amide bonds. The van der Waals surface area contributed by atoms with Gasteiger partial charge in [-0.05, 0) is 24.1 Å². The molecule has 6 nitrogen and oxygen atoms in total. The van der Waals surface area contributed by atoms with Gasteiger partial charge in [-0.25, -0.2) is 19.0 Å². The molecule has 3 rings (SSSR count). The van der Waals surface area contributed by atoms with Gasteiger partial charge in [0.25, 0.3) is 0 Å². The van der Waals surface area contributed by atoms with Crippen LogP contribution >= 0.6 is 0 Å². The minimum atomic E-state index is -0.250. The summed E-state index contributed by atoms with van der Waals surface area (Å²) in [5.41, 5.74) is 6.69. The highest BCUT2D eigenvalue weighted by molar-refractivity contribution is 5.78. The summed E-state index contributed by atoms with van der Waals surface area (Å²) in [7, 11) is 0. The minimum absolute atomic E-state index is 0.250. The maximum atomic E-state index is 13.1. The Kier molecular flexibility index (Phi) is 3.81. The van der Waals surface area contributed by atoms with Crippen LogP contribution in [0.5, 0.6) is 0 Å². The fourth-order valence-electron chi connectivity index (χ4n) is 2.10. The summed E-state index contributed by atoms with van der Waals surface area (Å²) in [4.78, 5) is 10.5. The molecule has 110 valence electrons. The second-order valence-corrected chi connectivity index (χ2v) is 5.00. The van der Waals surface area contributed by atoms with Gasteiger partial charge in [0.05, 0.1) is 6.54 Å². The van der Waals surface area contributed by atoms with Crippen LogP contribution in [0, 0.1) is 5.82 Å². The first-order valence-corrected chi connectivity index (χ1v) is 6.88. The fourth-order valence-corrected chi connectivity index (χ4v) is 2.10. The molecule has 0 spiro atoms. The summed E-state index contributed by atoms with van der Waals surface area (Å²) in [6, 6.07) is 6.44. The number of nitrogens with zero attached hydrogens (tertiary/aromatic N) is 5. The Morgan fingerprint density at radius 1 is 1.38 bits per heavy atom. The first-order chi connectivity index (χ1) is 10.2. The molecule has 1 aliphatic rings. The number of rotatable bonds is 4. The molecule has 0 bridgehead atoms. The van der Waals surface area contributed by atoms with E-state index in [0.29, 0.717) is 24.9 Å². The van der Waals surface area contributed by atoms with Crippen molar-refractivity contribution in [2.75, 3.05) is 13.1 Å². The molecule has 2 aromatic rings. The zero-order valence-electron chi connectivity index (χ0n) is 11.6. The molecular formula is C14H17FN6. The van der Waals surface area contributed by atoms with Gasteiger partial charge in [-0.15, -0.1) is 0 Å². The predicted molar refractivity (Wildman–Crippen MR) is 77.0 cm³/mol. The van der Waals surface area contributed by atoms with E-state index in [4.69, 9.17) is 5.73 Å². The zero-order chi connectivity index (χ0) is 14.7. The third-order valence-corrected chi connectivity index (χ3v) is 3.38. The number of hydrogen-bond donors (Lipinski definition) is 1. The monoisotopic (exact) mass is 288 g/mol. The first kappa shape index (κ1) is 13.5. The average Bonchev–Trinajstić information content (AvgIpc) is 2.82. The third kappa shape index (κ3) is 3.36. The second-order valence-electron chi connectivity index (χ2n) is 5.00. The topological polar surface area (TPSA) is 72.3 Å². The molecule has 0 saturated carbocycles. The van der Waals surface area contributed by atoms with Crippen molar-refractivity contribution in [2.45, 2.75) is 19.5 Å². The summed E-state index contributed by atoms with van der Waals surface area (Å²) >= 11 is 0. The normalized spacial score (nSPS) is 15.1. The van der Waals surface area contributed by atoms with Gasteiger partial charge in [0, 0.05) is 13.1 Å². The van der Waals surface area contributed by atoms with Crippen LogP contribution in [0.25, 0.3) is 0 Å². The van der Waals surface area contributed by atoms with Crippen molar-refractivity contribution in [2.24, 2.45) is 10.7 Å². The van der Waals surface area contributed by atoms with E-state index in [2.05, 4.69) is 15.1 Å². The van der Waals surface area contributed by atoms with Gasteiger partial charge in [-0.1, -0.05) is 12.1 Å². The highest BCUT2D eigenvalue weighted by atomic mass is 19.1. The molecule has 0 radical (unpaired) electrons. The standard InChI is InChI=1S/C14H17FN6/c15-12-4-1-3-11(7-12)9-21-10-18-13(19-21)8-17-14(16)20-5-2-6-20/h1,3-4,7,10H,2,5-6,8-9H2,(H2,16,17). The molecule has 2 heterocycles. The quantitative estimate of drug-likeness (QED) is 0.672. The van der Waals surface area contributed by atoms with E-state index < -0.39 is 0 Å². The Morgan fingerprint density at radius 2 is 2.24 bits per heavy atom. The lowest BCUT2D eigenvalue weighted by Gasteiger charge is -2.31. The van der Waals surface area contributed by atoms with Crippen LogP contribution in [0.1, 0.15) is 17.8 Å². The molecule has 2 N–H and O–H groups in total. The van der Waals surface area contributed by atoms with Gasteiger partial charge in [0.1, 0.15) is 18.7 Å². The van der Waals surface area contributed by atoms with Crippen molar-refractivity contribution in [3.05, 3.63) is 47.8 Å². The van der Waals surface area contributed by atoms with E-state index >= 15 is 0 Å². The van der Waals surface area contributed by atoms with Crippen LogP contribution in [-0.4, -0.2) is 38.7 Å². The number of likely N-dealkylation sites (tertiary alicyclic amines) is 1. The van der Waals surface area contributed by atoms with E-state index in [1.165, 1.54) is 12.1 Å². The number of nitrogens with two attached hydrogens (primary N) is 1. The molecular weight excluding hydrogens is 271 g/mol. The molecule has 0 aliphatic carbocycles. The lowest BCUT2D eigenvalue weighted by atomic mass is 10.2. The van der Waals surface area contributed by atoms with Gasteiger partial charge in [0.2, 0.25) is 0 Å². The first-order valence-electron chi connectivity index (χ1n) is 6.88. The maximum Gasteiger partial charge on any atom is 0.191 e. The Bertz CT molecular complexity index is 646. The van der Waals surface area contributed by atoms with Crippen molar-refractivity contribution in [3.63, 3.8) is 0 Å². The second kappa shape index (κ2) is 5.90. The van der Waals surface area contributed by atoms with Crippen LogP contribution in [-0.2, 0) is 13.1 Å². The SMILES string of the molecule is NC(=NCc1ncn(Cc2cccc(F)c2)n1)N1CCC1. The van der Waals surface area contributed by atoms with Crippen molar-refractivity contribution in [3.8, 4) is 0 Å². The smallest absolute Gasteiger partial charge is 0.191 e. The Hall–Kier alpha value is -2.44. The third-order valence-electron chi connectivity index (χ3n) is 3.38. The number of halogens is 1. The van der Waals surface area contributed by atoms with E-state index in [1.807, 2.05) is 11.0 Å². The Balaban J connectivity index is 1.60. The van der Waals surface area contributed by atoms with Gasteiger partial charge < -0.3 is 10.6 Å².